The van der Waals surface area contributed by atoms with Crippen LogP contribution < -0.4 is 0 Å². The molecule has 1 fully saturated rings. The van der Waals surface area contributed by atoms with Gasteiger partial charge >= 0.3 is 0 Å². The van der Waals surface area contributed by atoms with Crippen molar-refractivity contribution in [2.24, 2.45) is 5.92 Å². The first-order valence-corrected chi connectivity index (χ1v) is 4.74. The summed E-state index contributed by atoms with van der Waals surface area (Å²) >= 11 is 0. The molecule has 13 heavy (non-hydrogen) atoms. The van der Waals surface area contributed by atoms with Crippen molar-refractivity contribution in [3.05, 3.63) is 35.9 Å². The smallest absolute Gasteiger partial charge is 0.140 e. The largest absolute Gasteiger partial charge is 0.299 e. The minimum atomic E-state index is -0.138. The number of carbonyl (C=O) groups excluding carboxylic acids is 1. The molecule has 0 unspecified atom stereocenters. The van der Waals surface area contributed by atoms with E-state index in [1.807, 2.05) is 18.2 Å². The Morgan fingerprint density at radius 1 is 1.38 bits per heavy atom. The van der Waals surface area contributed by atoms with Gasteiger partial charge in [-0.15, -0.1) is 0 Å². The topological polar surface area (TPSA) is 17.1 Å². The van der Waals surface area contributed by atoms with Crippen LogP contribution >= 0.6 is 0 Å². The number of benzene rings is 1. The molecule has 1 saturated carbocycles. The van der Waals surface area contributed by atoms with E-state index in [4.69, 9.17) is 0 Å². The molecule has 1 aliphatic rings. The molecule has 1 aromatic rings. The maximum absolute atomic E-state index is 11.5. The van der Waals surface area contributed by atoms with Crippen LogP contribution in [0.3, 0.4) is 0 Å². The molecule has 0 bridgehead atoms. The van der Waals surface area contributed by atoms with Gasteiger partial charge in [-0.05, 0) is 24.8 Å². The van der Waals surface area contributed by atoms with E-state index in [0.29, 0.717) is 11.7 Å². The lowest BCUT2D eigenvalue weighted by Gasteiger charge is -2.12. The first-order chi connectivity index (χ1) is 6.18. The average molecular weight is 174 g/mol. The Labute approximate surface area is 78.8 Å². The van der Waals surface area contributed by atoms with Crippen LogP contribution in [0.25, 0.3) is 0 Å². The van der Waals surface area contributed by atoms with Crippen LogP contribution in [0.4, 0.5) is 0 Å². The number of Topliss-reactive ketones (excluding diaryl/α,β-unsaturated/α-hetero) is 1. The molecule has 1 heteroatoms. The zero-order valence-electron chi connectivity index (χ0n) is 8.08. The summed E-state index contributed by atoms with van der Waals surface area (Å²) < 4.78 is 0. The van der Waals surface area contributed by atoms with Gasteiger partial charge in [-0.1, -0.05) is 37.3 Å². The second-order valence-electron chi connectivity index (χ2n) is 4.00. The Hall–Kier alpha value is -1.11. The Morgan fingerprint density at radius 3 is 2.31 bits per heavy atom. The quantitative estimate of drug-likeness (QED) is 0.673. The van der Waals surface area contributed by atoms with Crippen LogP contribution in [-0.4, -0.2) is 5.78 Å². The highest BCUT2D eigenvalue weighted by Crippen LogP contribution is 2.54. The van der Waals surface area contributed by atoms with E-state index in [0.717, 1.165) is 6.42 Å². The third-order valence-corrected chi connectivity index (χ3v) is 3.23. The zero-order chi connectivity index (χ0) is 9.47. The molecule has 1 aromatic carbocycles. The minimum absolute atomic E-state index is 0.138. The number of hydrogen-bond acceptors (Lipinski definition) is 1. The summed E-state index contributed by atoms with van der Waals surface area (Å²) in [6.45, 7) is 3.85. The van der Waals surface area contributed by atoms with Crippen LogP contribution in [-0.2, 0) is 10.2 Å². The Balaban J connectivity index is 2.40. The summed E-state index contributed by atoms with van der Waals surface area (Å²) in [4.78, 5) is 11.5. The fourth-order valence-corrected chi connectivity index (χ4v) is 2.26. The van der Waals surface area contributed by atoms with Crippen molar-refractivity contribution >= 4 is 5.78 Å². The number of rotatable bonds is 2. The Bertz CT molecular complexity index is 328. The van der Waals surface area contributed by atoms with Crippen molar-refractivity contribution in [3.63, 3.8) is 0 Å². The van der Waals surface area contributed by atoms with Crippen LogP contribution in [0.1, 0.15) is 25.8 Å². The van der Waals surface area contributed by atoms with Crippen molar-refractivity contribution in [1.29, 1.82) is 0 Å². The second kappa shape index (κ2) is 2.69. The fraction of sp³-hybridized carbons (Fsp3) is 0.417. The molecule has 2 rings (SSSR count). The van der Waals surface area contributed by atoms with Gasteiger partial charge in [-0.2, -0.15) is 0 Å². The van der Waals surface area contributed by atoms with Crippen molar-refractivity contribution in [2.75, 3.05) is 0 Å². The van der Waals surface area contributed by atoms with E-state index < -0.39 is 0 Å². The van der Waals surface area contributed by atoms with Gasteiger partial charge in [-0.25, -0.2) is 0 Å². The third kappa shape index (κ3) is 1.11. The monoisotopic (exact) mass is 174 g/mol. The highest BCUT2D eigenvalue weighted by Gasteiger charge is 2.55. The minimum Gasteiger partial charge on any atom is -0.299 e. The van der Waals surface area contributed by atoms with E-state index in [9.17, 15) is 4.79 Å². The summed E-state index contributed by atoms with van der Waals surface area (Å²) in [6.07, 6.45) is 1.02. The molecule has 0 heterocycles. The molecule has 0 aromatic heterocycles. The third-order valence-electron chi connectivity index (χ3n) is 3.23. The fourth-order valence-electron chi connectivity index (χ4n) is 2.26. The standard InChI is InChI=1S/C12H14O/c1-9-8-12(9,10(2)13)11-6-4-3-5-7-11/h3-7,9H,8H2,1-2H3/t9-,12+/m1/s1. The summed E-state index contributed by atoms with van der Waals surface area (Å²) in [5.74, 6) is 0.832. The first kappa shape index (κ1) is 8.49. The van der Waals surface area contributed by atoms with Crippen LogP contribution in [0.15, 0.2) is 30.3 Å². The SMILES string of the molecule is CC(=O)[C@]1(c2ccccc2)C[C@H]1C. The summed E-state index contributed by atoms with van der Waals surface area (Å²) in [6, 6.07) is 10.1. The van der Waals surface area contributed by atoms with Gasteiger partial charge in [0.1, 0.15) is 5.78 Å². The molecule has 0 spiro atoms. The van der Waals surface area contributed by atoms with Crippen LogP contribution in [0, 0.1) is 5.92 Å². The molecule has 68 valence electrons. The lowest BCUT2D eigenvalue weighted by Crippen LogP contribution is -2.19. The molecule has 0 N–H and O–H groups in total. The van der Waals surface area contributed by atoms with E-state index in [1.54, 1.807) is 6.92 Å². The van der Waals surface area contributed by atoms with E-state index in [-0.39, 0.29) is 5.41 Å². The molecule has 1 nitrogen and oxygen atoms in total. The maximum Gasteiger partial charge on any atom is 0.140 e. The van der Waals surface area contributed by atoms with Gasteiger partial charge in [0.25, 0.3) is 0 Å². The van der Waals surface area contributed by atoms with Crippen LogP contribution in [0.5, 0.6) is 0 Å². The van der Waals surface area contributed by atoms with Gasteiger partial charge in [0, 0.05) is 0 Å². The highest BCUT2D eigenvalue weighted by atomic mass is 16.1. The summed E-state index contributed by atoms with van der Waals surface area (Å²) in [5, 5.41) is 0. The van der Waals surface area contributed by atoms with E-state index in [1.165, 1.54) is 5.56 Å². The van der Waals surface area contributed by atoms with Gasteiger partial charge in [-0.3, -0.25) is 4.79 Å². The van der Waals surface area contributed by atoms with Crippen molar-refractivity contribution in [2.45, 2.75) is 25.7 Å². The average Bonchev–Trinajstić information content (AvgIpc) is 2.80. The highest BCUT2D eigenvalue weighted by molar-refractivity contribution is 5.91. The molecule has 0 radical (unpaired) electrons. The number of hydrogen-bond donors (Lipinski definition) is 0. The predicted molar refractivity (Wildman–Crippen MR) is 52.6 cm³/mol. The van der Waals surface area contributed by atoms with Gasteiger partial charge in [0.05, 0.1) is 5.41 Å². The van der Waals surface area contributed by atoms with Crippen molar-refractivity contribution < 1.29 is 4.79 Å². The van der Waals surface area contributed by atoms with Gasteiger partial charge < -0.3 is 0 Å². The second-order valence-corrected chi connectivity index (χ2v) is 4.00. The molecule has 1 aliphatic carbocycles. The van der Waals surface area contributed by atoms with Gasteiger partial charge in [0.2, 0.25) is 0 Å². The number of carbonyl (C=O) groups is 1. The van der Waals surface area contributed by atoms with Crippen molar-refractivity contribution in [1.82, 2.24) is 0 Å². The molecule has 0 aliphatic heterocycles. The Kier molecular flexibility index (Phi) is 1.76. The molecular weight excluding hydrogens is 160 g/mol. The molecule has 2 atom stereocenters. The number of ketones is 1. The molecule has 0 saturated heterocycles. The molecular formula is C12H14O. The summed E-state index contributed by atoms with van der Waals surface area (Å²) in [7, 11) is 0. The van der Waals surface area contributed by atoms with Crippen LogP contribution in [0.2, 0.25) is 0 Å². The van der Waals surface area contributed by atoms with E-state index in [2.05, 4.69) is 19.1 Å². The lowest BCUT2D eigenvalue weighted by atomic mass is 9.90. The normalized spacial score (nSPS) is 31.4. The summed E-state index contributed by atoms with van der Waals surface area (Å²) in [5.41, 5.74) is 1.05. The lowest BCUT2D eigenvalue weighted by molar-refractivity contribution is -0.119. The first-order valence-electron chi connectivity index (χ1n) is 4.74. The maximum atomic E-state index is 11.5. The predicted octanol–water partition coefficient (Wildman–Crippen LogP) is 2.55. The Morgan fingerprint density at radius 2 is 1.92 bits per heavy atom. The van der Waals surface area contributed by atoms with Crippen molar-refractivity contribution in [3.8, 4) is 0 Å². The zero-order valence-corrected chi connectivity index (χ0v) is 8.08. The van der Waals surface area contributed by atoms with Gasteiger partial charge in [0.15, 0.2) is 0 Å². The molecule has 0 amide bonds. The van der Waals surface area contributed by atoms with E-state index >= 15 is 0 Å².